The van der Waals surface area contributed by atoms with Crippen LogP contribution in [-0.4, -0.2) is 71.7 Å². The Bertz CT molecular complexity index is 358. The van der Waals surface area contributed by atoms with Crippen LogP contribution in [0, 0.1) is 0 Å². The second-order valence-corrected chi connectivity index (χ2v) is 8.41. The lowest BCUT2D eigenvalue weighted by molar-refractivity contribution is -0.0107. The zero-order valence-corrected chi connectivity index (χ0v) is 13.6. The highest BCUT2D eigenvalue weighted by molar-refractivity contribution is 8.15. The van der Waals surface area contributed by atoms with Crippen molar-refractivity contribution in [3.05, 3.63) is 0 Å². The van der Waals surface area contributed by atoms with E-state index in [1.807, 2.05) is 11.8 Å². The molecule has 2 fully saturated rings. The van der Waals surface area contributed by atoms with Gasteiger partial charge in [-0.15, -0.1) is 0 Å². The first kappa shape index (κ1) is 14.7. The lowest BCUT2D eigenvalue weighted by Gasteiger charge is -2.38. The lowest BCUT2D eigenvalue weighted by Crippen LogP contribution is -2.50. The number of amidine groups is 1. The lowest BCUT2D eigenvalue weighted by atomic mass is 10.1. The topological polar surface area (TPSA) is 28.1 Å². The van der Waals surface area contributed by atoms with E-state index in [1.165, 1.54) is 24.4 Å². The van der Waals surface area contributed by atoms with E-state index in [0.29, 0.717) is 10.9 Å². The Labute approximate surface area is 126 Å². The minimum absolute atomic E-state index is 0.294. The second kappa shape index (κ2) is 6.24. The molecular formula is C15H27N3OS. The summed E-state index contributed by atoms with van der Waals surface area (Å²) in [6, 6.07) is 0. The van der Waals surface area contributed by atoms with Crippen molar-refractivity contribution in [2.24, 2.45) is 4.99 Å². The molecule has 0 bridgehead atoms. The zero-order chi connectivity index (χ0) is 14.0. The molecule has 1 atom stereocenters. The molecule has 3 rings (SSSR count). The molecule has 2 saturated heterocycles. The van der Waals surface area contributed by atoms with Crippen molar-refractivity contribution in [3.8, 4) is 0 Å². The third-order valence-corrected chi connectivity index (χ3v) is 5.59. The molecule has 5 heteroatoms. The van der Waals surface area contributed by atoms with Gasteiger partial charge in [0, 0.05) is 44.1 Å². The van der Waals surface area contributed by atoms with Crippen LogP contribution in [0.5, 0.6) is 0 Å². The number of hydrogen-bond donors (Lipinski definition) is 0. The molecule has 0 radical (unpaired) electrons. The van der Waals surface area contributed by atoms with Crippen LogP contribution in [0.1, 0.15) is 33.1 Å². The monoisotopic (exact) mass is 297 g/mol. The highest BCUT2D eigenvalue weighted by atomic mass is 32.2. The number of nitrogens with zero attached hydrogens (tertiary/aromatic N) is 3. The fourth-order valence-electron chi connectivity index (χ4n) is 3.10. The smallest absolute Gasteiger partial charge is 0.159 e. The van der Waals surface area contributed by atoms with Gasteiger partial charge in [-0.05, 0) is 33.1 Å². The minimum Gasteiger partial charge on any atom is -0.377 e. The van der Waals surface area contributed by atoms with Crippen LogP contribution in [-0.2, 0) is 4.74 Å². The maximum Gasteiger partial charge on any atom is 0.159 e. The fourth-order valence-corrected chi connectivity index (χ4v) is 4.16. The van der Waals surface area contributed by atoms with Gasteiger partial charge in [0.15, 0.2) is 5.17 Å². The standard InChI is InChI=1S/C15H27N3OS/c1-15(2)12-16-14(20-15)18-8-6-17(7-9-18)11-13-5-3-4-10-19-13/h13H,3-12H2,1-2H3/t13-/m0/s1. The van der Waals surface area contributed by atoms with Gasteiger partial charge in [-0.25, -0.2) is 0 Å². The molecule has 0 aliphatic carbocycles. The summed E-state index contributed by atoms with van der Waals surface area (Å²) < 4.78 is 6.15. The Balaban J connectivity index is 1.43. The Morgan fingerprint density at radius 3 is 2.65 bits per heavy atom. The van der Waals surface area contributed by atoms with E-state index in [9.17, 15) is 0 Å². The normalized spacial score (nSPS) is 31.4. The van der Waals surface area contributed by atoms with Crippen LogP contribution in [0.3, 0.4) is 0 Å². The molecule has 0 saturated carbocycles. The summed E-state index contributed by atoms with van der Waals surface area (Å²) in [5, 5.41) is 1.27. The van der Waals surface area contributed by atoms with Crippen molar-refractivity contribution in [3.63, 3.8) is 0 Å². The highest BCUT2D eigenvalue weighted by Crippen LogP contribution is 2.33. The van der Waals surface area contributed by atoms with Gasteiger partial charge in [-0.1, -0.05) is 11.8 Å². The maximum atomic E-state index is 5.85. The molecule has 20 heavy (non-hydrogen) atoms. The highest BCUT2D eigenvalue weighted by Gasteiger charge is 2.31. The quantitative estimate of drug-likeness (QED) is 0.780. The molecule has 114 valence electrons. The van der Waals surface area contributed by atoms with Crippen molar-refractivity contribution in [2.75, 3.05) is 45.9 Å². The number of aliphatic imine (C=N–C) groups is 1. The zero-order valence-electron chi connectivity index (χ0n) is 12.8. The third-order valence-electron chi connectivity index (χ3n) is 4.34. The van der Waals surface area contributed by atoms with E-state index in [0.717, 1.165) is 45.9 Å². The summed E-state index contributed by atoms with van der Waals surface area (Å²) in [5.41, 5.74) is 0. The first-order valence-electron chi connectivity index (χ1n) is 7.95. The van der Waals surface area contributed by atoms with E-state index in [2.05, 4.69) is 23.6 Å². The van der Waals surface area contributed by atoms with Crippen molar-refractivity contribution in [1.82, 2.24) is 9.80 Å². The van der Waals surface area contributed by atoms with Gasteiger partial charge < -0.3 is 9.64 Å². The van der Waals surface area contributed by atoms with Crippen molar-refractivity contribution in [2.45, 2.75) is 44.0 Å². The van der Waals surface area contributed by atoms with Crippen LogP contribution < -0.4 is 0 Å². The van der Waals surface area contributed by atoms with Gasteiger partial charge in [0.2, 0.25) is 0 Å². The Morgan fingerprint density at radius 1 is 1.25 bits per heavy atom. The summed E-state index contributed by atoms with van der Waals surface area (Å²) in [7, 11) is 0. The Hall–Kier alpha value is -0.260. The molecule has 0 aromatic heterocycles. The van der Waals surface area contributed by atoms with Gasteiger partial charge in [-0.3, -0.25) is 9.89 Å². The SMILES string of the molecule is CC1(C)CN=C(N2CCN(C[C@@H]3CCCCO3)CC2)S1. The first-order valence-corrected chi connectivity index (χ1v) is 8.76. The minimum atomic E-state index is 0.294. The summed E-state index contributed by atoms with van der Waals surface area (Å²) >= 11 is 1.94. The predicted molar refractivity (Wildman–Crippen MR) is 85.6 cm³/mol. The molecule has 0 aromatic rings. The Kier molecular flexibility index (Phi) is 4.58. The fraction of sp³-hybridized carbons (Fsp3) is 0.933. The van der Waals surface area contributed by atoms with Crippen LogP contribution in [0.2, 0.25) is 0 Å². The largest absolute Gasteiger partial charge is 0.377 e. The van der Waals surface area contributed by atoms with Crippen LogP contribution in [0.15, 0.2) is 4.99 Å². The van der Waals surface area contributed by atoms with Gasteiger partial charge in [0.05, 0.1) is 12.6 Å². The van der Waals surface area contributed by atoms with Gasteiger partial charge in [0.1, 0.15) is 0 Å². The molecule has 0 unspecified atom stereocenters. The first-order chi connectivity index (χ1) is 9.62. The predicted octanol–water partition coefficient (Wildman–Crippen LogP) is 2.05. The number of thioether (sulfide) groups is 1. The molecule has 4 nitrogen and oxygen atoms in total. The molecule has 0 aromatic carbocycles. The van der Waals surface area contributed by atoms with Crippen molar-refractivity contribution < 1.29 is 4.74 Å². The van der Waals surface area contributed by atoms with E-state index >= 15 is 0 Å². The van der Waals surface area contributed by atoms with Crippen molar-refractivity contribution >= 4 is 16.9 Å². The van der Waals surface area contributed by atoms with Crippen molar-refractivity contribution in [1.29, 1.82) is 0 Å². The number of ether oxygens (including phenoxy) is 1. The van der Waals surface area contributed by atoms with Gasteiger partial charge in [-0.2, -0.15) is 0 Å². The van der Waals surface area contributed by atoms with Gasteiger partial charge >= 0.3 is 0 Å². The van der Waals surface area contributed by atoms with E-state index < -0.39 is 0 Å². The van der Waals surface area contributed by atoms with E-state index in [-0.39, 0.29) is 0 Å². The summed E-state index contributed by atoms with van der Waals surface area (Å²) in [5.74, 6) is 0. The summed E-state index contributed by atoms with van der Waals surface area (Å²) in [6.45, 7) is 12.2. The molecule has 3 heterocycles. The van der Waals surface area contributed by atoms with E-state index in [1.54, 1.807) is 0 Å². The molecule has 3 aliphatic heterocycles. The van der Waals surface area contributed by atoms with Crippen LogP contribution in [0.25, 0.3) is 0 Å². The Morgan fingerprint density at radius 2 is 2.05 bits per heavy atom. The number of rotatable bonds is 2. The molecule has 0 N–H and O–H groups in total. The third kappa shape index (κ3) is 3.68. The van der Waals surface area contributed by atoms with Crippen LogP contribution in [0.4, 0.5) is 0 Å². The maximum absolute atomic E-state index is 5.85. The summed E-state index contributed by atoms with van der Waals surface area (Å²) in [6.07, 6.45) is 4.31. The average Bonchev–Trinajstić information content (AvgIpc) is 2.81. The van der Waals surface area contributed by atoms with Gasteiger partial charge in [0.25, 0.3) is 0 Å². The molecule has 3 aliphatic rings. The molecule has 0 spiro atoms. The number of piperazine rings is 1. The van der Waals surface area contributed by atoms with E-state index in [4.69, 9.17) is 9.73 Å². The molecule has 0 amide bonds. The number of hydrogen-bond acceptors (Lipinski definition) is 5. The summed E-state index contributed by atoms with van der Waals surface area (Å²) in [4.78, 5) is 9.75. The average molecular weight is 297 g/mol. The second-order valence-electron chi connectivity index (χ2n) is 6.74. The molecular weight excluding hydrogens is 270 g/mol. The van der Waals surface area contributed by atoms with Crippen LogP contribution >= 0.6 is 11.8 Å².